The Morgan fingerprint density at radius 1 is 1.05 bits per heavy atom. The highest BCUT2D eigenvalue weighted by Crippen LogP contribution is 2.25. The number of ether oxygens (including phenoxy) is 1. The van der Waals surface area contributed by atoms with Crippen LogP contribution in [-0.4, -0.2) is 6.54 Å². The van der Waals surface area contributed by atoms with Crippen molar-refractivity contribution in [3.8, 4) is 11.5 Å². The van der Waals surface area contributed by atoms with Crippen molar-refractivity contribution in [2.45, 2.75) is 20.4 Å². The molecule has 0 saturated carbocycles. The maximum absolute atomic E-state index is 5.98. The summed E-state index contributed by atoms with van der Waals surface area (Å²) < 4.78 is 7.19. The van der Waals surface area contributed by atoms with Gasteiger partial charge in [-0.1, -0.05) is 32.0 Å². The SMILES string of the molecule is CC(C)CNCc1ccccc1Oc1ccc(I)cc1. The van der Waals surface area contributed by atoms with Crippen LogP contribution in [0.2, 0.25) is 0 Å². The predicted molar refractivity (Wildman–Crippen MR) is 92.2 cm³/mol. The summed E-state index contributed by atoms with van der Waals surface area (Å²) in [6.07, 6.45) is 0. The second-order valence-corrected chi connectivity index (χ2v) is 6.43. The average Bonchev–Trinajstić information content (AvgIpc) is 2.43. The van der Waals surface area contributed by atoms with Gasteiger partial charge in [0.1, 0.15) is 11.5 Å². The zero-order chi connectivity index (χ0) is 14.4. The van der Waals surface area contributed by atoms with Crippen LogP contribution in [0.3, 0.4) is 0 Å². The van der Waals surface area contributed by atoms with Gasteiger partial charge in [-0.25, -0.2) is 0 Å². The lowest BCUT2D eigenvalue weighted by Crippen LogP contribution is -2.19. The zero-order valence-corrected chi connectivity index (χ0v) is 14.1. The van der Waals surface area contributed by atoms with Gasteiger partial charge >= 0.3 is 0 Å². The topological polar surface area (TPSA) is 21.3 Å². The van der Waals surface area contributed by atoms with Crippen LogP contribution in [0, 0.1) is 9.49 Å². The molecule has 0 heterocycles. The number of nitrogens with one attached hydrogen (secondary N) is 1. The molecule has 2 rings (SSSR count). The van der Waals surface area contributed by atoms with E-state index in [9.17, 15) is 0 Å². The van der Waals surface area contributed by atoms with E-state index in [4.69, 9.17) is 4.74 Å². The van der Waals surface area contributed by atoms with E-state index < -0.39 is 0 Å². The first-order valence-electron chi connectivity index (χ1n) is 6.87. The zero-order valence-electron chi connectivity index (χ0n) is 11.9. The molecule has 0 aliphatic carbocycles. The Kier molecular flexibility index (Phi) is 5.86. The van der Waals surface area contributed by atoms with Crippen molar-refractivity contribution in [2.75, 3.05) is 6.54 Å². The number of benzene rings is 2. The minimum Gasteiger partial charge on any atom is -0.457 e. The molecule has 0 unspecified atom stereocenters. The maximum atomic E-state index is 5.98. The maximum Gasteiger partial charge on any atom is 0.131 e. The van der Waals surface area contributed by atoms with E-state index in [0.717, 1.165) is 24.6 Å². The summed E-state index contributed by atoms with van der Waals surface area (Å²) in [6.45, 7) is 6.26. The molecule has 1 N–H and O–H groups in total. The Labute approximate surface area is 134 Å². The summed E-state index contributed by atoms with van der Waals surface area (Å²) in [7, 11) is 0. The Hall–Kier alpha value is -1.07. The highest BCUT2D eigenvalue weighted by molar-refractivity contribution is 14.1. The quantitative estimate of drug-likeness (QED) is 0.724. The molecule has 0 saturated heterocycles. The van der Waals surface area contributed by atoms with Crippen LogP contribution in [0.15, 0.2) is 48.5 Å². The highest BCUT2D eigenvalue weighted by atomic mass is 127. The van der Waals surface area contributed by atoms with Crippen molar-refractivity contribution in [2.24, 2.45) is 5.92 Å². The third kappa shape index (κ3) is 4.80. The predicted octanol–water partition coefficient (Wildman–Crippen LogP) is 4.83. The molecule has 0 aromatic heterocycles. The Morgan fingerprint density at radius 2 is 1.75 bits per heavy atom. The smallest absolute Gasteiger partial charge is 0.131 e. The second kappa shape index (κ2) is 7.64. The molecule has 0 radical (unpaired) electrons. The van der Waals surface area contributed by atoms with Crippen molar-refractivity contribution in [1.82, 2.24) is 5.32 Å². The molecule has 20 heavy (non-hydrogen) atoms. The van der Waals surface area contributed by atoms with E-state index in [0.29, 0.717) is 5.92 Å². The van der Waals surface area contributed by atoms with Gasteiger partial charge < -0.3 is 10.1 Å². The largest absolute Gasteiger partial charge is 0.457 e. The summed E-state index contributed by atoms with van der Waals surface area (Å²) in [4.78, 5) is 0. The molecule has 0 spiro atoms. The van der Waals surface area contributed by atoms with Crippen molar-refractivity contribution >= 4 is 22.6 Å². The van der Waals surface area contributed by atoms with Gasteiger partial charge in [-0.2, -0.15) is 0 Å². The van der Waals surface area contributed by atoms with Gasteiger partial charge in [-0.05, 0) is 65.4 Å². The van der Waals surface area contributed by atoms with Gasteiger partial charge in [0.25, 0.3) is 0 Å². The molecule has 0 bridgehead atoms. The molecule has 0 atom stereocenters. The number of rotatable bonds is 6. The van der Waals surface area contributed by atoms with Crippen molar-refractivity contribution in [1.29, 1.82) is 0 Å². The first-order valence-corrected chi connectivity index (χ1v) is 7.95. The molecule has 2 aromatic carbocycles. The van der Waals surface area contributed by atoms with E-state index in [1.807, 2.05) is 30.3 Å². The lowest BCUT2D eigenvalue weighted by Gasteiger charge is -2.13. The summed E-state index contributed by atoms with van der Waals surface area (Å²) >= 11 is 2.29. The summed E-state index contributed by atoms with van der Waals surface area (Å²) in [6, 6.07) is 16.3. The van der Waals surface area contributed by atoms with Crippen LogP contribution in [-0.2, 0) is 6.54 Å². The molecule has 106 valence electrons. The fourth-order valence-electron chi connectivity index (χ4n) is 1.87. The molecular formula is C17H20INO. The minimum atomic E-state index is 0.652. The highest BCUT2D eigenvalue weighted by Gasteiger charge is 2.04. The van der Waals surface area contributed by atoms with Gasteiger partial charge in [0, 0.05) is 15.7 Å². The standard InChI is InChI=1S/C17H20INO/c1-13(2)11-19-12-14-5-3-4-6-17(14)20-16-9-7-15(18)8-10-16/h3-10,13,19H,11-12H2,1-2H3. The fraction of sp³-hybridized carbons (Fsp3) is 0.294. The molecule has 0 aliphatic rings. The molecule has 3 heteroatoms. The van der Waals surface area contributed by atoms with E-state index in [1.165, 1.54) is 9.13 Å². The fourth-order valence-corrected chi connectivity index (χ4v) is 2.23. The molecule has 2 aromatic rings. The van der Waals surface area contributed by atoms with Gasteiger partial charge in [0.15, 0.2) is 0 Å². The summed E-state index contributed by atoms with van der Waals surface area (Å²) in [5.41, 5.74) is 1.19. The number of hydrogen-bond donors (Lipinski definition) is 1. The van der Waals surface area contributed by atoms with E-state index >= 15 is 0 Å². The first-order chi connectivity index (χ1) is 9.65. The number of para-hydroxylation sites is 1. The second-order valence-electron chi connectivity index (χ2n) is 5.19. The number of halogens is 1. The van der Waals surface area contributed by atoms with Crippen LogP contribution in [0.5, 0.6) is 11.5 Å². The van der Waals surface area contributed by atoms with E-state index in [1.54, 1.807) is 0 Å². The monoisotopic (exact) mass is 381 g/mol. The molecular weight excluding hydrogens is 361 g/mol. The Morgan fingerprint density at radius 3 is 2.45 bits per heavy atom. The van der Waals surface area contributed by atoms with Crippen LogP contribution in [0.1, 0.15) is 19.4 Å². The lowest BCUT2D eigenvalue weighted by atomic mass is 10.2. The van der Waals surface area contributed by atoms with E-state index in [-0.39, 0.29) is 0 Å². The normalized spacial score (nSPS) is 10.8. The minimum absolute atomic E-state index is 0.652. The Balaban J connectivity index is 2.05. The van der Waals surface area contributed by atoms with Gasteiger partial charge in [0.2, 0.25) is 0 Å². The first kappa shape index (κ1) is 15.3. The third-order valence-corrected chi connectivity index (χ3v) is 3.60. The van der Waals surface area contributed by atoms with Crippen molar-refractivity contribution < 1.29 is 4.74 Å². The molecule has 0 amide bonds. The van der Waals surface area contributed by atoms with Gasteiger partial charge in [-0.3, -0.25) is 0 Å². The summed E-state index contributed by atoms with van der Waals surface area (Å²) in [5.74, 6) is 2.45. The van der Waals surface area contributed by atoms with Crippen molar-refractivity contribution in [3.05, 3.63) is 57.7 Å². The lowest BCUT2D eigenvalue weighted by molar-refractivity contribution is 0.469. The molecule has 0 fully saturated rings. The van der Waals surface area contributed by atoms with Gasteiger partial charge in [0.05, 0.1) is 0 Å². The third-order valence-electron chi connectivity index (χ3n) is 2.88. The Bertz CT molecular complexity index is 537. The van der Waals surface area contributed by atoms with Crippen LogP contribution >= 0.6 is 22.6 Å². The van der Waals surface area contributed by atoms with E-state index in [2.05, 4.69) is 60.0 Å². The van der Waals surface area contributed by atoms with Gasteiger partial charge in [-0.15, -0.1) is 0 Å². The van der Waals surface area contributed by atoms with Crippen molar-refractivity contribution in [3.63, 3.8) is 0 Å². The van der Waals surface area contributed by atoms with Crippen LogP contribution in [0.25, 0.3) is 0 Å². The van der Waals surface area contributed by atoms with Crippen LogP contribution < -0.4 is 10.1 Å². The summed E-state index contributed by atoms with van der Waals surface area (Å²) in [5, 5.41) is 3.46. The number of hydrogen-bond acceptors (Lipinski definition) is 2. The molecule has 2 nitrogen and oxygen atoms in total. The molecule has 0 aliphatic heterocycles. The van der Waals surface area contributed by atoms with Crippen LogP contribution in [0.4, 0.5) is 0 Å². The average molecular weight is 381 g/mol.